The molecule has 46 heavy (non-hydrogen) atoms. The molecule has 3 N–H and O–H groups in total. The quantitative estimate of drug-likeness (QED) is 0.0722. The number of amides is 3. The monoisotopic (exact) mass is 681 g/mol. The summed E-state index contributed by atoms with van der Waals surface area (Å²) in [7, 11) is 0. The van der Waals surface area contributed by atoms with Crippen LogP contribution in [0.1, 0.15) is 21.5 Å². The maximum Gasteiger partial charge on any atom is 0.422 e. The van der Waals surface area contributed by atoms with Crippen molar-refractivity contribution in [3.05, 3.63) is 130 Å². The molecule has 0 aromatic heterocycles. The second-order valence-electron chi connectivity index (χ2n) is 9.22. The van der Waals surface area contributed by atoms with Crippen LogP contribution in [0.25, 0.3) is 6.08 Å². The molecule has 3 amide bonds. The molecular formula is C31H19ClF7N3O3S. The highest BCUT2D eigenvalue weighted by Gasteiger charge is 2.42. The summed E-state index contributed by atoms with van der Waals surface area (Å²) in [4.78, 5) is 38.7. The molecule has 0 radical (unpaired) electrons. The predicted octanol–water partition coefficient (Wildman–Crippen LogP) is 8.06. The maximum atomic E-state index is 14.2. The zero-order chi connectivity index (χ0) is 33.6. The highest BCUT2D eigenvalue weighted by Crippen LogP contribution is 2.38. The van der Waals surface area contributed by atoms with Crippen molar-refractivity contribution in [1.82, 2.24) is 5.32 Å². The van der Waals surface area contributed by atoms with Crippen molar-refractivity contribution in [1.29, 1.82) is 0 Å². The molecule has 4 aromatic carbocycles. The van der Waals surface area contributed by atoms with Crippen LogP contribution in [0.3, 0.4) is 0 Å². The highest BCUT2D eigenvalue weighted by molar-refractivity contribution is 8.00. The Hall–Kier alpha value is -4.82. The lowest BCUT2D eigenvalue weighted by Crippen LogP contribution is -2.30. The van der Waals surface area contributed by atoms with Crippen molar-refractivity contribution in [2.75, 3.05) is 16.4 Å². The van der Waals surface area contributed by atoms with E-state index >= 15 is 0 Å². The van der Waals surface area contributed by atoms with Crippen LogP contribution in [-0.2, 0) is 15.8 Å². The third-order valence-electron chi connectivity index (χ3n) is 6.01. The van der Waals surface area contributed by atoms with Gasteiger partial charge in [0.25, 0.3) is 11.8 Å². The first-order chi connectivity index (χ1) is 21.8. The minimum absolute atomic E-state index is 0.167. The van der Waals surface area contributed by atoms with Gasteiger partial charge < -0.3 is 16.0 Å². The third kappa shape index (κ3) is 8.25. The smallest absolute Gasteiger partial charge is 0.321 e. The number of hydrogen-bond donors (Lipinski definition) is 3. The molecule has 4 aromatic rings. The Labute approximate surface area is 265 Å². The van der Waals surface area contributed by atoms with Crippen molar-refractivity contribution < 1.29 is 45.1 Å². The molecule has 0 saturated heterocycles. The molecule has 4 rings (SSSR count). The summed E-state index contributed by atoms with van der Waals surface area (Å²) in [5, 5.41) is 7.00. The van der Waals surface area contributed by atoms with Gasteiger partial charge in [-0.25, -0.2) is 17.6 Å². The summed E-state index contributed by atoms with van der Waals surface area (Å²) in [5.74, 6) is -13.4. The summed E-state index contributed by atoms with van der Waals surface area (Å²) in [6.07, 6.45) is -4.36. The normalized spacial score (nSPS) is 11.6. The van der Waals surface area contributed by atoms with E-state index in [1.807, 2.05) is 0 Å². The van der Waals surface area contributed by atoms with Gasteiger partial charge in [-0.1, -0.05) is 54.1 Å². The Morgan fingerprint density at radius 1 is 0.783 bits per heavy atom. The number of nitrogens with one attached hydrogen (secondary N) is 3. The molecular weight excluding hydrogens is 663 g/mol. The molecule has 0 aliphatic rings. The number of benzene rings is 4. The molecule has 238 valence electrons. The van der Waals surface area contributed by atoms with Gasteiger partial charge >= 0.3 is 6.18 Å². The second kappa shape index (κ2) is 14.5. The van der Waals surface area contributed by atoms with Gasteiger partial charge in [-0.05, 0) is 48.0 Å². The van der Waals surface area contributed by atoms with E-state index in [0.29, 0.717) is 15.5 Å². The van der Waals surface area contributed by atoms with E-state index in [1.54, 1.807) is 59.9 Å². The number of anilines is 2. The molecule has 0 saturated carbocycles. The number of carbonyl (C=O) groups excluding carboxylic acids is 3. The van der Waals surface area contributed by atoms with Gasteiger partial charge in [0.05, 0.1) is 5.75 Å². The fraction of sp³-hybridized carbons (Fsp3) is 0.0645. The van der Waals surface area contributed by atoms with E-state index in [-0.39, 0.29) is 16.9 Å². The highest BCUT2D eigenvalue weighted by atomic mass is 35.5. The minimum Gasteiger partial charge on any atom is -0.321 e. The zero-order valence-electron chi connectivity index (χ0n) is 22.9. The number of carbonyl (C=O) groups is 3. The fourth-order valence-electron chi connectivity index (χ4n) is 3.87. The topological polar surface area (TPSA) is 87.3 Å². The molecule has 15 heteroatoms. The summed E-state index contributed by atoms with van der Waals surface area (Å²) < 4.78 is 94.5. The molecule has 0 aliphatic heterocycles. The summed E-state index contributed by atoms with van der Waals surface area (Å²) >= 11 is 6.99. The lowest BCUT2D eigenvalue weighted by Gasteiger charge is -2.14. The van der Waals surface area contributed by atoms with Crippen LogP contribution in [0.4, 0.5) is 42.1 Å². The van der Waals surface area contributed by atoms with Crippen molar-refractivity contribution >= 4 is 58.5 Å². The molecule has 0 spiro atoms. The fourth-order valence-corrected chi connectivity index (χ4v) is 4.81. The SMILES string of the molecule is O=C(CSc1cccc(NC(=O)/C(=C\c2ccccc2Cl)NC(=O)c2ccccc2)c1)Nc1c(F)c(F)c(C(F)(F)F)c(F)c1F. The molecule has 0 fully saturated rings. The number of rotatable bonds is 9. The average molecular weight is 682 g/mol. The van der Waals surface area contributed by atoms with E-state index in [9.17, 15) is 45.1 Å². The summed E-state index contributed by atoms with van der Waals surface area (Å²) in [6, 6.07) is 20.5. The van der Waals surface area contributed by atoms with Gasteiger partial charge in [0.2, 0.25) is 5.91 Å². The number of alkyl halides is 3. The summed E-state index contributed by atoms with van der Waals surface area (Å²) in [6.45, 7) is 0. The first-order valence-electron chi connectivity index (χ1n) is 12.9. The predicted molar refractivity (Wildman–Crippen MR) is 159 cm³/mol. The number of thioether (sulfide) groups is 1. The Kier molecular flexibility index (Phi) is 10.7. The van der Waals surface area contributed by atoms with Crippen LogP contribution < -0.4 is 16.0 Å². The van der Waals surface area contributed by atoms with Crippen LogP contribution >= 0.6 is 23.4 Å². The first-order valence-corrected chi connectivity index (χ1v) is 14.2. The zero-order valence-corrected chi connectivity index (χ0v) is 24.5. The van der Waals surface area contributed by atoms with Crippen molar-refractivity contribution in [2.24, 2.45) is 0 Å². The Balaban J connectivity index is 1.48. The van der Waals surface area contributed by atoms with Gasteiger partial charge in [-0.15, -0.1) is 11.8 Å². The largest absolute Gasteiger partial charge is 0.422 e. The number of halogens is 8. The van der Waals surface area contributed by atoms with Crippen LogP contribution in [0, 0.1) is 23.3 Å². The molecule has 6 nitrogen and oxygen atoms in total. The summed E-state index contributed by atoms with van der Waals surface area (Å²) in [5.41, 5.74) is -3.75. The van der Waals surface area contributed by atoms with Gasteiger partial charge in [-0.2, -0.15) is 13.2 Å². The van der Waals surface area contributed by atoms with E-state index in [4.69, 9.17) is 11.6 Å². The molecule has 0 aliphatic carbocycles. The van der Waals surface area contributed by atoms with Crippen LogP contribution in [0.5, 0.6) is 0 Å². The van der Waals surface area contributed by atoms with E-state index in [1.165, 1.54) is 30.3 Å². The first kappa shape index (κ1) is 34.1. The van der Waals surface area contributed by atoms with Crippen LogP contribution in [0.2, 0.25) is 5.02 Å². The minimum atomic E-state index is -5.73. The lowest BCUT2D eigenvalue weighted by molar-refractivity contribution is -0.143. The van der Waals surface area contributed by atoms with E-state index in [2.05, 4.69) is 10.6 Å². The van der Waals surface area contributed by atoms with E-state index < -0.39 is 64.2 Å². The Morgan fingerprint density at radius 3 is 2.04 bits per heavy atom. The van der Waals surface area contributed by atoms with E-state index in [0.717, 1.165) is 11.8 Å². The molecule has 0 atom stereocenters. The van der Waals surface area contributed by atoms with Crippen molar-refractivity contribution in [3.63, 3.8) is 0 Å². The third-order valence-corrected chi connectivity index (χ3v) is 7.34. The van der Waals surface area contributed by atoms with Gasteiger partial charge in [0, 0.05) is 21.2 Å². The van der Waals surface area contributed by atoms with Crippen LogP contribution in [0.15, 0.2) is 89.5 Å². The Bertz CT molecular complexity index is 1810. The number of hydrogen-bond acceptors (Lipinski definition) is 4. The average Bonchev–Trinajstić information content (AvgIpc) is 3.01. The van der Waals surface area contributed by atoms with Gasteiger partial charge in [0.1, 0.15) is 16.9 Å². The van der Waals surface area contributed by atoms with Crippen molar-refractivity contribution in [3.8, 4) is 0 Å². The van der Waals surface area contributed by atoms with Crippen LogP contribution in [-0.4, -0.2) is 23.5 Å². The van der Waals surface area contributed by atoms with Gasteiger partial charge in [0.15, 0.2) is 23.3 Å². The maximum absolute atomic E-state index is 14.2. The molecule has 0 unspecified atom stereocenters. The second-order valence-corrected chi connectivity index (χ2v) is 10.7. The lowest BCUT2D eigenvalue weighted by atomic mass is 10.1. The van der Waals surface area contributed by atoms with Gasteiger partial charge in [-0.3, -0.25) is 14.4 Å². The molecule has 0 bridgehead atoms. The Morgan fingerprint density at radius 2 is 1.41 bits per heavy atom. The van der Waals surface area contributed by atoms with Crippen molar-refractivity contribution in [2.45, 2.75) is 11.1 Å². The molecule has 0 heterocycles. The standard InChI is InChI=1S/C31H19ClF7N3O3S/c32-20-12-5-4-9-17(20)13-21(41-29(44)16-7-2-1-3-8-16)30(45)40-18-10-6-11-19(14-18)46-15-22(43)42-28-26(35)24(33)23(31(37,38)39)25(34)27(28)36/h1-14H,15H2,(H,40,45)(H,41,44)(H,42,43)/b21-13+.